The Labute approximate surface area is 198 Å². The highest BCUT2D eigenvalue weighted by Gasteiger charge is 2.19. The predicted octanol–water partition coefficient (Wildman–Crippen LogP) is 7.17. The molecule has 0 atom stereocenters. The minimum absolute atomic E-state index is 0.0907. The number of nitrogens with one attached hydrogen (secondary N) is 1. The van der Waals surface area contributed by atoms with E-state index in [1.807, 2.05) is 0 Å². The third-order valence-corrected chi connectivity index (χ3v) is 4.64. The van der Waals surface area contributed by atoms with Gasteiger partial charge in [-0.3, -0.25) is 4.79 Å². The Hall–Kier alpha value is -2.13. The fourth-order valence-corrected chi connectivity index (χ4v) is 3.19. The summed E-state index contributed by atoms with van der Waals surface area (Å²) in [5.41, 5.74) is 0.0907. The van der Waals surface area contributed by atoms with E-state index in [1.54, 1.807) is 0 Å². The molecule has 3 heteroatoms. The van der Waals surface area contributed by atoms with Crippen molar-refractivity contribution < 1.29 is 4.79 Å². The summed E-state index contributed by atoms with van der Waals surface area (Å²) in [5.74, 6) is 0.136. The molecule has 0 saturated heterocycles. The van der Waals surface area contributed by atoms with Crippen molar-refractivity contribution in [1.82, 2.24) is 10.2 Å². The highest BCUT2D eigenvalue weighted by atomic mass is 16.1. The Morgan fingerprint density at radius 2 is 1.12 bits per heavy atom. The summed E-state index contributed by atoms with van der Waals surface area (Å²) in [6.45, 7) is 8.19. The van der Waals surface area contributed by atoms with Gasteiger partial charge in [-0.25, -0.2) is 0 Å². The Morgan fingerprint density at radius 3 is 1.53 bits per heavy atom. The van der Waals surface area contributed by atoms with Crippen LogP contribution in [0.5, 0.6) is 0 Å². The molecule has 0 unspecified atom stereocenters. The lowest BCUT2D eigenvalue weighted by Gasteiger charge is -2.28. The van der Waals surface area contributed by atoms with Crippen molar-refractivity contribution in [2.75, 3.05) is 27.2 Å². The molecule has 0 bridgehead atoms. The minimum Gasteiger partial charge on any atom is -0.356 e. The number of allylic oxidation sites excluding steroid dienone is 12. The van der Waals surface area contributed by atoms with Gasteiger partial charge in [-0.2, -0.15) is 0 Å². The van der Waals surface area contributed by atoms with Crippen LogP contribution in [-0.4, -0.2) is 38.0 Å². The lowest BCUT2D eigenvalue weighted by molar-refractivity contribution is -0.121. The molecule has 0 radical (unpaired) electrons. The van der Waals surface area contributed by atoms with Crippen LogP contribution in [0.4, 0.5) is 0 Å². The average molecular weight is 441 g/mol. The van der Waals surface area contributed by atoms with Crippen LogP contribution in [0.1, 0.15) is 72.1 Å². The summed E-state index contributed by atoms with van der Waals surface area (Å²) in [5, 5.41) is 3.06. The number of hydrogen-bond donors (Lipinski definition) is 1. The molecule has 0 aromatic heterocycles. The standard InChI is InChI=1S/C29H48N2O/c1-6-7-8-9-10-11-12-13-14-15-16-17-18-19-20-21-22-23-24-25-28(32)30-26-29(2,3)27-31(4)5/h7-8,10-11,13-14,16-17,19-20,22-23H,6,9,12,15,18,21,24-27H2,1-5H3,(H,30,32)/b8-7+,11-10+,14-13+,17-16+,20-19+,23-22+. The van der Waals surface area contributed by atoms with Crippen molar-refractivity contribution in [3.8, 4) is 0 Å². The van der Waals surface area contributed by atoms with E-state index in [4.69, 9.17) is 0 Å². The fraction of sp³-hybridized carbons (Fsp3) is 0.552. The van der Waals surface area contributed by atoms with Gasteiger partial charge in [-0.15, -0.1) is 0 Å². The number of rotatable bonds is 18. The van der Waals surface area contributed by atoms with Gasteiger partial charge in [0.05, 0.1) is 0 Å². The first kappa shape index (κ1) is 29.9. The van der Waals surface area contributed by atoms with Gasteiger partial charge >= 0.3 is 0 Å². The van der Waals surface area contributed by atoms with E-state index in [0.717, 1.165) is 51.5 Å². The maximum Gasteiger partial charge on any atom is 0.220 e. The number of amides is 1. The highest BCUT2D eigenvalue weighted by Crippen LogP contribution is 2.14. The molecule has 32 heavy (non-hydrogen) atoms. The molecule has 0 fully saturated rings. The molecule has 3 nitrogen and oxygen atoms in total. The van der Waals surface area contributed by atoms with E-state index in [2.05, 4.69) is 118 Å². The maximum atomic E-state index is 12.0. The van der Waals surface area contributed by atoms with Crippen molar-refractivity contribution in [2.24, 2.45) is 5.41 Å². The van der Waals surface area contributed by atoms with Gasteiger partial charge in [-0.05, 0) is 64.5 Å². The Kier molecular flexibility index (Phi) is 19.4. The van der Waals surface area contributed by atoms with Gasteiger partial charge in [-0.1, -0.05) is 93.7 Å². The van der Waals surface area contributed by atoms with E-state index in [-0.39, 0.29) is 11.3 Å². The van der Waals surface area contributed by atoms with Gasteiger partial charge in [0.1, 0.15) is 0 Å². The molecule has 1 N–H and O–H groups in total. The molecular formula is C29H48N2O. The quantitative estimate of drug-likeness (QED) is 0.229. The molecule has 0 aliphatic rings. The average Bonchev–Trinajstić information content (AvgIpc) is 2.73. The van der Waals surface area contributed by atoms with Crippen LogP contribution < -0.4 is 5.32 Å². The molecule has 0 aliphatic heterocycles. The minimum atomic E-state index is 0.0907. The van der Waals surface area contributed by atoms with Crippen LogP contribution >= 0.6 is 0 Å². The van der Waals surface area contributed by atoms with E-state index in [9.17, 15) is 4.79 Å². The zero-order valence-electron chi connectivity index (χ0n) is 21.4. The molecule has 1 amide bonds. The van der Waals surface area contributed by atoms with E-state index >= 15 is 0 Å². The first-order chi connectivity index (χ1) is 15.4. The first-order valence-corrected chi connectivity index (χ1v) is 12.2. The second-order valence-electron chi connectivity index (χ2n) is 9.13. The molecule has 0 rings (SSSR count). The number of nitrogens with zero attached hydrogens (tertiary/aromatic N) is 1. The van der Waals surface area contributed by atoms with Gasteiger partial charge in [0.25, 0.3) is 0 Å². The largest absolute Gasteiger partial charge is 0.356 e. The summed E-state index contributed by atoms with van der Waals surface area (Å²) in [6, 6.07) is 0. The summed E-state index contributed by atoms with van der Waals surface area (Å²) >= 11 is 0. The molecule has 0 saturated carbocycles. The third-order valence-electron chi connectivity index (χ3n) is 4.64. The normalized spacial score (nSPS) is 13.4. The molecule has 0 aromatic carbocycles. The molecule has 0 spiro atoms. The Bertz CT molecular complexity index is 634. The summed E-state index contributed by atoms with van der Waals surface area (Å²) < 4.78 is 0. The molecular weight excluding hydrogens is 392 g/mol. The van der Waals surface area contributed by atoms with Crippen LogP contribution in [-0.2, 0) is 4.79 Å². The van der Waals surface area contributed by atoms with E-state index in [0.29, 0.717) is 13.0 Å². The van der Waals surface area contributed by atoms with Crippen molar-refractivity contribution >= 4 is 5.91 Å². The second-order valence-corrected chi connectivity index (χ2v) is 9.13. The smallest absolute Gasteiger partial charge is 0.220 e. The zero-order chi connectivity index (χ0) is 23.9. The van der Waals surface area contributed by atoms with Gasteiger partial charge in [0, 0.05) is 19.5 Å². The van der Waals surface area contributed by atoms with Crippen molar-refractivity contribution in [3.63, 3.8) is 0 Å². The molecule has 0 aliphatic carbocycles. The SMILES string of the molecule is CC/C=C/C/C=C/C/C=C/C/C=C/C/C=C/C/C=C/CCC(=O)NCC(C)(C)CN(C)C. The molecule has 0 heterocycles. The van der Waals surface area contributed by atoms with Crippen LogP contribution in [0.25, 0.3) is 0 Å². The van der Waals surface area contributed by atoms with Crippen molar-refractivity contribution in [2.45, 2.75) is 72.1 Å². The van der Waals surface area contributed by atoms with Gasteiger partial charge < -0.3 is 10.2 Å². The number of carbonyl (C=O) groups is 1. The summed E-state index contributed by atoms with van der Waals surface area (Å²) in [6.07, 6.45) is 33.7. The van der Waals surface area contributed by atoms with Crippen LogP contribution in [0.15, 0.2) is 72.9 Å². The van der Waals surface area contributed by atoms with Crippen LogP contribution in [0, 0.1) is 5.41 Å². The zero-order valence-corrected chi connectivity index (χ0v) is 21.4. The molecule has 0 aromatic rings. The summed E-state index contributed by atoms with van der Waals surface area (Å²) in [4.78, 5) is 14.1. The summed E-state index contributed by atoms with van der Waals surface area (Å²) in [7, 11) is 4.12. The number of hydrogen-bond acceptors (Lipinski definition) is 2. The second kappa shape index (κ2) is 20.8. The van der Waals surface area contributed by atoms with Crippen LogP contribution in [0.3, 0.4) is 0 Å². The Morgan fingerprint density at radius 1 is 0.719 bits per heavy atom. The molecule has 180 valence electrons. The predicted molar refractivity (Wildman–Crippen MR) is 143 cm³/mol. The van der Waals surface area contributed by atoms with E-state index < -0.39 is 0 Å². The Balaban J connectivity index is 3.71. The van der Waals surface area contributed by atoms with Crippen molar-refractivity contribution in [3.05, 3.63) is 72.9 Å². The first-order valence-electron chi connectivity index (χ1n) is 12.2. The van der Waals surface area contributed by atoms with E-state index in [1.165, 1.54) is 0 Å². The topological polar surface area (TPSA) is 32.3 Å². The van der Waals surface area contributed by atoms with Gasteiger partial charge in [0.2, 0.25) is 5.91 Å². The monoisotopic (exact) mass is 440 g/mol. The highest BCUT2D eigenvalue weighted by molar-refractivity contribution is 5.76. The lowest BCUT2D eigenvalue weighted by Crippen LogP contribution is -2.39. The fourth-order valence-electron chi connectivity index (χ4n) is 3.19. The lowest BCUT2D eigenvalue weighted by atomic mass is 9.93. The maximum absolute atomic E-state index is 12.0. The third kappa shape index (κ3) is 22.6. The van der Waals surface area contributed by atoms with Crippen LogP contribution in [0.2, 0.25) is 0 Å². The number of carbonyl (C=O) groups excluding carboxylic acids is 1. The van der Waals surface area contributed by atoms with Gasteiger partial charge in [0.15, 0.2) is 0 Å². The van der Waals surface area contributed by atoms with Crippen molar-refractivity contribution in [1.29, 1.82) is 0 Å².